The van der Waals surface area contributed by atoms with E-state index < -0.39 is 12.0 Å². The second-order valence-corrected chi connectivity index (χ2v) is 6.80. The van der Waals surface area contributed by atoms with Crippen LogP contribution in [0.15, 0.2) is 4.52 Å². The second kappa shape index (κ2) is 6.40. The van der Waals surface area contributed by atoms with Gasteiger partial charge >= 0.3 is 0 Å². The molecule has 2 aliphatic heterocycles. The Kier molecular flexibility index (Phi) is 4.61. The van der Waals surface area contributed by atoms with Gasteiger partial charge in [-0.25, -0.2) is 8.78 Å². The molecule has 3 heterocycles. The lowest BCUT2D eigenvalue weighted by Crippen LogP contribution is -2.49. The third-order valence-corrected chi connectivity index (χ3v) is 5.12. The third kappa shape index (κ3) is 3.44. The molecular weight excluding hydrogens is 320 g/mol. The van der Waals surface area contributed by atoms with Crippen molar-refractivity contribution in [2.45, 2.75) is 51.2 Å². The van der Waals surface area contributed by atoms with Crippen molar-refractivity contribution < 1.29 is 23.2 Å². The van der Waals surface area contributed by atoms with Crippen LogP contribution in [0.25, 0.3) is 0 Å². The zero-order chi connectivity index (χ0) is 17.5. The van der Waals surface area contributed by atoms with Crippen molar-refractivity contribution in [1.29, 1.82) is 0 Å². The van der Waals surface area contributed by atoms with Gasteiger partial charge < -0.3 is 14.5 Å². The molecule has 0 radical (unpaired) electrons. The molecule has 2 saturated heterocycles. The first kappa shape index (κ1) is 17.3. The predicted molar refractivity (Wildman–Crippen MR) is 81.8 cm³/mol. The zero-order valence-corrected chi connectivity index (χ0v) is 14.0. The first-order chi connectivity index (χ1) is 11.3. The Morgan fingerprint density at radius 1 is 1.33 bits per heavy atom. The molecule has 0 aliphatic carbocycles. The minimum atomic E-state index is -2.61. The summed E-state index contributed by atoms with van der Waals surface area (Å²) in [5.41, 5.74) is 1.46. The van der Waals surface area contributed by atoms with Gasteiger partial charge in [-0.3, -0.25) is 9.69 Å². The highest BCUT2D eigenvalue weighted by atomic mass is 19.3. The number of carbonyl (C=O) groups excluding carboxylic acids is 1. The van der Waals surface area contributed by atoms with E-state index in [-0.39, 0.29) is 50.8 Å². The summed E-state index contributed by atoms with van der Waals surface area (Å²) in [5, 5.41) is 14.1. The Balaban J connectivity index is 1.60. The highest BCUT2D eigenvalue weighted by Crippen LogP contribution is 2.30. The summed E-state index contributed by atoms with van der Waals surface area (Å²) in [6.45, 7) is 4.66. The van der Waals surface area contributed by atoms with E-state index in [0.29, 0.717) is 18.0 Å². The summed E-state index contributed by atoms with van der Waals surface area (Å²) in [5.74, 6) is -2.09. The summed E-state index contributed by atoms with van der Waals surface area (Å²) < 4.78 is 31.6. The number of amides is 1. The molecule has 2 atom stereocenters. The molecule has 0 spiro atoms. The number of likely N-dealkylation sites (tertiary alicyclic amines) is 2. The number of piperidine rings is 1. The van der Waals surface area contributed by atoms with Gasteiger partial charge in [0.1, 0.15) is 5.76 Å². The van der Waals surface area contributed by atoms with Crippen LogP contribution in [0.2, 0.25) is 0 Å². The van der Waals surface area contributed by atoms with Crippen LogP contribution in [0.1, 0.15) is 29.9 Å². The topological polar surface area (TPSA) is 69.8 Å². The fraction of sp³-hybridized carbons (Fsp3) is 0.750. The van der Waals surface area contributed by atoms with E-state index in [9.17, 15) is 18.7 Å². The van der Waals surface area contributed by atoms with Crippen LogP contribution in [0.5, 0.6) is 0 Å². The van der Waals surface area contributed by atoms with E-state index in [1.165, 1.54) is 0 Å². The number of carbonyl (C=O) groups is 1. The number of aromatic nitrogens is 1. The van der Waals surface area contributed by atoms with Crippen molar-refractivity contribution in [2.24, 2.45) is 0 Å². The lowest BCUT2D eigenvalue weighted by atomic mass is 10.0. The number of alkyl halides is 2. The summed E-state index contributed by atoms with van der Waals surface area (Å²) in [7, 11) is 0. The summed E-state index contributed by atoms with van der Waals surface area (Å²) in [4.78, 5) is 16.0. The molecule has 2 aliphatic rings. The lowest BCUT2D eigenvalue weighted by Gasteiger charge is -2.36. The summed E-state index contributed by atoms with van der Waals surface area (Å²) >= 11 is 0. The SMILES string of the molecule is Cc1noc(C)c1CC(=O)N1C[C@@H](O)[C@H](N2CCC(F)(F)CC2)C1. The number of aliphatic hydroxyl groups excluding tert-OH is 1. The van der Waals surface area contributed by atoms with Crippen molar-refractivity contribution in [1.82, 2.24) is 15.0 Å². The molecule has 3 rings (SSSR count). The van der Waals surface area contributed by atoms with Gasteiger partial charge in [-0.15, -0.1) is 0 Å². The number of nitrogens with zero attached hydrogens (tertiary/aromatic N) is 3. The average molecular weight is 343 g/mol. The molecule has 0 bridgehead atoms. The van der Waals surface area contributed by atoms with E-state index in [0.717, 1.165) is 5.56 Å². The molecule has 1 aromatic heterocycles. The number of rotatable bonds is 3. The largest absolute Gasteiger partial charge is 0.390 e. The maximum Gasteiger partial charge on any atom is 0.250 e. The van der Waals surface area contributed by atoms with Gasteiger partial charge in [0, 0.05) is 44.6 Å². The Morgan fingerprint density at radius 2 is 2.00 bits per heavy atom. The fourth-order valence-electron chi connectivity index (χ4n) is 3.53. The van der Waals surface area contributed by atoms with Gasteiger partial charge in [0.2, 0.25) is 5.91 Å². The molecule has 134 valence electrons. The van der Waals surface area contributed by atoms with Crippen LogP contribution in [0.3, 0.4) is 0 Å². The molecule has 8 heteroatoms. The van der Waals surface area contributed by atoms with Crippen molar-refractivity contribution in [3.8, 4) is 0 Å². The van der Waals surface area contributed by atoms with Crippen molar-refractivity contribution in [2.75, 3.05) is 26.2 Å². The zero-order valence-electron chi connectivity index (χ0n) is 14.0. The molecule has 0 aromatic carbocycles. The van der Waals surface area contributed by atoms with Gasteiger partial charge in [0.15, 0.2) is 0 Å². The summed E-state index contributed by atoms with van der Waals surface area (Å²) in [6, 6.07) is -0.269. The number of halogens is 2. The Labute approximate surface area is 139 Å². The van der Waals surface area contributed by atoms with Crippen molar-refractivity contribution in [3.05, 3.63) is 17.0 Å². The number of β-amino-alcohol motifs (C(OH)–C–C–N with tert-alkyl or cyclic N) is 1. The van der Waals surface area contributed by atoms with Gasteiger partial charge in [0.25, 0.3) is 5.92 Å². The lowest BCUT2D eigenvalue weighted by molar-refractivity contribution is -0.130. The van der Waals surface area contributed by atoms with Gasteiger partial charge in [-0.05, 0) is 13.8 Å². The van der Waals surface area contributed by atoms with Crippen LogP contribution in [-0.2, 0) is 11.2 Å². The number of aryl methyl sites for hydroxylation is 2. The highest BCUT2D eigenvalue weighted by Gasteiger charge is 2.42. The quantitative estimate of drug-likeness (QED) is 0.891. The maximum absolute atomic E-state index is 13.3. The predicted octanol–water partition coefficient (Wildman–Crippen LogP) is 1.14. The van der Waals surface area contributed by atoms with Crippen LogP contribution in [0.4, 0.5) is 8.78 Å². The first-order valence-corrected chi connectivity index (χ1v) is 8.26. The van der Waals surface area contributed by atoms with E-state index in [1.54, 1.807) is 18.7 Å². The van der Waals surface area contributed by atoms with E-state index >= 15 is 0 Å². The smallest absolute Gasteiger partial charge is 0.250 e. The van der Waals surface area contributed by atoms with Gasteiger partial charge in [-0.2, -0.15) is 0 Å². The summed E-state index contributed by atoms with van der Waals surface area (Å²) in [6.07, 6.45) is -0.907. The molecule has 0 unspecified atom stereocenters. The van der Waals surface area contributed by atoms with E-state index in [2.05, 4.69) is 5.16 Å². The standard InChI is InChI=1S/C16H23F2N3O3/c1-10-12(11(2)24-19-10)7-15(23)21-8-13(14(22)9-21)20-5-3-16(17,18)4-6-20/h13-14,22H,3-9H2,1-2H3/t13-,14-/m1/s1. The van der Waals surface area contributed by atoms with Crippen LogP contribution in [-0.4, -0.2) is 70.2 Å². The molecule has 1 amide bonds. The number of aliphatic hydroxyl groups is 1. The Hall–Kier alpha value is -1.54. The van der Waals surface area contributed by atoms with Gasteiger partial charge in [-0.1, -0.05) is 5.16 Å². The average Bonchev–Trinajstić information content (AvgIpc) is 3.05. The molecule has 0 saturated carbocycles. The van der Waals surface area contributed by atoms with Crippen LogP contribution in [0, 0.1) is 13.8 Å². The number of hydrogen-bond acceptors (Lipinski definition) is 5. The third-order valence-electron chi connectivity index (χ3n) is 5.12. The minimum absolute atomic E-state index is 0.103. The Morgan fingerprint density at radius 3 is 2.58 bits per heavy atom. The minimum Gasteiger partial charge on any atom is -0.390 e. The molecule has 1 aromatic rings. The van der Waals surface area contributed by atoms with Crippen molar-refractivity contribution >= 4 is 5.91 Å². The molecule has 2 fully saturated rings. The highest BCUT2D eigenvalue weighted by molar-refractivity contribution is 5.79. The molecule has 6 nitrogen and oxygen atoms in total. The molecule has 24 heavy (non-hydrogen) atoms. The monoisotopic (exact) mass is 343 g/mol. The fourth-order valence-corrected chi connectivity index (χ4v) is 3.53. The van der Waals surface area contributed by atoms with Gasteiger partial charge in [0.05, 0.1) is 24.3 Å². The van der Waals surface area contributed by atoms with E-state index in [4.69, 9.17) is 4.52 Å². The normalized spacial score (nSPS) is 27.6. The molecule has 1 N–H and O–H groups in total. The van der Waals surface area contributed by atoms with Crippen molar-refractivity contribution in [3.63, 3.8) is 0 Å². The van der Waals surface area contributed by atoms with E-state index in [1.807, 2.05) is 4.90 Å². The second-order valence-electron chi connectivity index (χ2n) is 6.80. The van der Waals surface area contributed by atoms with Crippen LogP contribution < -0.4 is 0 Å². The Bertz CT molecular complexity index is 590. The van der Waals surface area contributed by atoms with Crippen LogP contribution >= 0.6 is 0 Å². The first-order valence-electron chi connectivity index (χ1n) is 8.26. The maximum atomic E-state index is 13.3. The molecular formula is C16H23F2N3O3. The number of hydrogen-bond donors (Lipinski definition) is 1.